The molecule has 0 amide bonds. The molecule has 1 heterocycles. The summed E-state index contributed by atoms with van der Waals surface area (Å²) in [5, 5.41) is 10.5. The summed E-state index contributed by atoms with van der Waals surface area (Å²) in [5.74, 6) is 0.231. The van der Waals surface area contributed by atoms with E-state index in [1.54, 1.807) is 0 Å². The molecule has 0 aliphatic heterocycles. The van der Waals surface area contributed by atoms with Crippen LogP contribution in [0.1, 0.15) is 42.8 Å². The third-order valence-corrected chi connectivity index (χ3v) is 3.80. The number of hydrogen-bond acceptors (Lipinski definition) is 4. The smallest absolute Gasteiger partial charge is 0.172 e. The first-order valence-corrected chi connectivity index (χ1v) is 7.21. The number of rotatable bonds is 8. The molecule has 0 spiro atoms. The molecule has 0 atom stereocenters. The van der Waals surface area contributed by atoms with Gasteiger partial charge in [-0.2, -0.15) is 5.26 Å². The zero-order chi connectivity index (χ0) is 13.4. The van der Waals surface area contributed by atoms with Crippen molar-refractivity contribution in [3.63, 3.8) is 0 Å². The summed E-state index contributed by atoms with van der Waals surface area (Å²) in [6, 6.07) is 6.38. The van der Waals surface area contributed by atoms with Crippen LogP contribution in [0.4, 0.5) is 0 Å². The average Bonchev–Trinajstić information content (AvgIpc) is 2.86. The fourth-order valence-electron chi connectivity index (χ4n) is 1.82. The Balaban J connectivity index is 2.30. The Morgan fingerprint density at radius 3 is 2.83 bits per heavy atom. The lowest BCUT2D eigenvalue weighted by molar-refractivity contribution is 0.0976. The molecule has 0 aromatic carbocycles. The van der Waals surface area contributed by atoms with Crippen LogP contribution in [-0.2, 0) is 0 Å². The predicted octanol–water partition coefficient (Wildman–Crippen LogP) is 3.34. The van der Waals surface area contributed by atoms with Crippen LogP contribution < -0.4 is 0 Å². The van der Waals surface area contributed by atoms with Crippen molar-refractivity contribution in [3.8, 4) is 6.07 Å². The minimum absolute atomic E-state index is 0.231. The zero-order valence-corrected chi connectivity index (χ0v) is 11.9. The van der Waals surface area contributed by atoms with Gasteiger partial charge >= 0.3 is 0 Å². The predicted molar refractivity (Wildman–Crippen MR) is 74.8 cm³/mol. The van der Waals surface area contributed by atoms with Gasteiger partial charge in [-0.15, -0.1) is 11.3 Å². The molecule has 0 fully saturated rings. The van der Waals surface area contributed by atoms with Gasteiger partial charge in [-0.3, -0.25) is 9.69 Å². The summed E-state index contributed by atoms with van der Waals surface area (Å²) < 4.78 is 0. The fourth-order valence-corrected chi connectivity index (χ4v) is 2.52. The first-order chi connectivity index (χ1) is 8.65. The van der Waals surface area contributed by atoms with Gasteiger partial charge in [0.25, 0.3) is 0 Å². The highest BCUT2D eigenvalue weighted by atomic mass is 32.1. The first-order valence-electron chi connectivity index (χ1n) is 6.33. The lowest BCUT2D eigenvalue weighted by Gasteiger charge is -2.25. The lowest BCUT2D eigenvalue weighted by atomic mass is 10.1. The average molecular weight is 264 g/mol. The van der Waals surface area contributed by atoms with E-state index >= 15 is 0 Å². The summed E-state index contributed by atoms with van der Waals surface area (Å²) in [5.41, 5.74) is 0. The van der Waals surface area contributed by atoms with E-state index in [9.17, 15) is 4.79 Å². The highest BCUT2D eigenvalue weighted by Gasteiger charge is 2.11. The summed E-state index contributed by atoms with van der Waals surface area (Å²) in [7, 11) is 0. The van der Waals surface area contributed by atoms with Crippen LogP contribution in [0.25, 0.3) is 0 Å². The highest BCUT2D eigenvalue weighted by molar-refractivity contribution is 7.12. The highest BCUT2D eigenvalue weighted by Crippen LogP contribution is 2.13. The Morgan fingerprint density at radius 2 is 2.28 bits per heavy atom. The van der Waals surface area contributed by atoms with Crippen molar-refractivity contribution in [3.05, 3.63) is 22.4 Å². The monoisotopic (exact) mass is 264 g/mol. The van der Waals surface area contributed by atoms with E-state index in [1.165, 1.54) is 11.3 Å². The van der Waals surface area contributed by atoms with Gasteiger partial charge in [-0.05, 0) is 38.3 Å². The second kappa shape index (κ2) is 8.02. The summed E-state index contributed by atoms with van der Waals surface area (Å²) >= 11 is 1.50. The van der Waals surface area contributed by atoms with Crippen molar-refractivity contribution < 1.29 is 4.79 Å². The number of nitrogens with zero attached hydrogens (tertiary/aromatic N) is 2. The van der Waals surface area contributed by atoms with Gasteiger partial charge in [0.2, 0.25) is 0 Å². The van der Waals surface area contributed by atoms with E-state index in [0.717, 1.165) is 24.4 Å². The maximum Gasteiger partial charge on any atom is 0.172 e. The van der Waals surface area contributed by atoms with Crippen molar-refractivity contribution in [1.29, 1.82) is 5.26 Å². The maximum absolute atomic E-state index is 11.8. The summed E-state index contributed by atoms with van der Waals surface area (Å²) in [4.78, 5) is 14.9. The van der Waals surface area contributed by atoms with E-state index < -0.39 is 0 Å². The molecular formula is C14H20N2OS. The third kappa shape index (κ3) is 4.99. The molecule has 3 nitrogen and oxygen atoms in total. The Morgan fingerprint density at radius 1 is 1.50 bits per heavy atom. The number of carbonyl (C=O) groups excluding carboxylic acids is 1. The van der Waals surface area contributed by atoms with E-state index in [0.29, 0.717) is 18.9 Å². The molecule has 0 saturated heterocycles. The lowest BCUT2D eigenvalue weighted by Crippen LogP contribution is -2.32. The third-order valence-electron chi connectivity index (χ3n) is 2.89. The van der Waals surface area contributed by atoms with Crippen LogP contribution in [0.15, 0.2) is 17.5 Å². The molecule has 0 aliphatic rings. The van der Waals surface area contributed by atoms with E-state index in [-0.39, 0.29) is 5.78 Å². The van der Waals surface area contributed by atoms with Gasteiger partial charge in [0.1, 0.15) is 0 Å². The summed E-state index contributed by atoms with van der Waals surface area (Å²) in [6.07, 6.45) is 2.01. The molecule has 0 bridgehead atoms. The fraction of sp³-hybridized carbons (Fsp3) is 0.571. The van der Waals surface area contributed by atoms with Crippen molar-refractivity contribution >= 4 is 17.1 Å². The van der Waals surface area contributed by atoms with Crippen molar-refractivity contribution in [2.45, 2.75) is 39.2 Å². The van der Waals surface area contributed by atoms with Crippen molar-refractivity contribution in [1.82, 2.24) is 4.90 Å². The summed E-state index contributed by atoms with van der Waals surface area (Å²) in [6.45, 7) is 5.93. The van der Waals surface area contributed by atoms with Crippen LogP contribution in [0.5, 0.6) is 0 Å². The molecule has 18 heavy (non-hydrogen) atoms. The molecule has 1 rings (SSSR count). The second-order valence-electron chi connectivity index (χ2n) is 4.54. The number of thiophene rings is 1. The minimum atomic E-state index is 0.231. The first kappa shape index (κ1) is 14.9. The quantitative estimate of drug-likeness (QED) is 0.676. The van der Waals surface area contributed by atoms with Crippen LogP contribution >= 0.6 is 11.3 Å². The molecule has 0 unspecified atom stereocenters. The number of Topliss-reactive ketones (excluding diaryl/α,β-unsaturated/α-hetero) is 1. The van der Waals surface area contributed by atoms with Gasteiger partial charge in [-0.25, -0.2) is 0 Å². The Labute approximate surface area is 113 Å². The van der Waals surface area contributed by atoms with Crippen LogP contribution in [0.2, 0.25) is 0 Å². The molecule has 1 aromatic heterocycles. The van der Waals surface area contributed by atoms with E-state index in [4.69, 9.17) is 5.26 Å². The van der Waals surface area contributed by atoms with Crippen LogP contribution in [0.3, 0.4) is 0 Å². The van der Waals surface area contributed by atoms with Crippen LogP contribution in [-0.4, -0.2) is 29.8 Å². The van der Waals surface area contributed by atoms with E-state index in [2.05, 4.69) is 24.8 Å². The number of nitriles is 1. The zero-order valence-electron chi connectivity index (χ0n) is 11.1. The van der Waals surface area contributed by atoms with Gasteiger partial charge in [0.05, 0.1) is 10.9 Å². The Hall–Kier alpha value is -1.18. The topological polar surface area (TPSA) is 44.1 Å². The van der Waals surface area contributed by atoms with E-state index in [1.807, 2.05) is 17.5 Å². The van der Waals surface area contributed by atoms with Crippen molar-refractivity contribution in [2.75, 3.05) is 13.1 Å². The van der Waals surface area contributed by atoms with Gasteiger partial charge in [0.15, 0.2) is 5.78 Å². The van der Waals surface area contributed by atoms with Gasteiger partial charge in [0, 0.05) is 25.4 Å². The van der Waals surface area contributed by atoms with Crippen molar-refractivity contribution in [2.24, 2.45) is 0 Å². The standard InChI is InChI=1S/C14H20N2OS/c1-12(2)16(10-5-8-15)9-3-6-13(17)14-7-4-11-18-14/h4,7,11-12H,3,5-6,9-10H2,1-2H3. The molecule has 0 saturated carbocycles. The Kier molecular flexibility index (Phi) is 6.63. The van der Waals surface area contributed by atoms with Gasteiger partial charge < -0.3 is 0 Å². The van der Waals surface area contributed by atoms with Crippen LogP contribution in [0, 0.1) is 11.3 Å². The molecule has 0 N–H and O–H groups in total. The van der Waals surface area contributed by atoms with Gasteiger partial charge in [-0.1, -0.05) is 6.07 Å². The Bertz CT molecular complexity index is 392. The molecule has 0 radical (unpaired) electrons. The molecule has 1 aromatic rings. The number of hydrogen-bond donors (Lipinski definition) is 0. The largest absolute Gasteiger partial charge is 0.300 e. The molecular weight excluding hydrogens is 244 g/mol. The molecule has 0 aliphatic carbocycles. The molecule has 98 valence electrons. The normalized spacial score (nSPS) is 10.8. The SMILES string of the molecule is CC(C)N(CCC#N)CCCC(=O)c1cccs1. The minimum Gasteiger partial charge on any atom is -0.300 e. The molecule has 4 heteroatoms. The second-order valence-corrected chi connectivity index (χ2v) is 5.49. The number of ketones is 1. The maximum atomic E-state index is 11.8. The number of carbonyl (C=O) groups is 1.